The third-order valence-corrected chi connectivity index (χ3v) is 4.08. The normalized spacial score (nSPS) is 10.2. The van der Waals surface area contributed by atoms with E-state index in [2.05, 4.69) is 10.6 Å². The van der Waals surface area contributed by atoms with Gasteiger partial charge in [-0.3, -0.25) is 4.79 Å². The first-order chi connectivity index (χ1) is 11.4. The Kier molecular flexibility index (Phi) is 6.43. The van der Waals surface area contributed by atoms with Crippen LogP contribution in [0.2, 0.25) is 10.0 Å². The molecule has 2 aromatic rings. The molecule has 0 atom stereocenters. The minimum atomic E-state index is -0.0420. The number of rotatable bonds is 4. The van der Waals surface area contributed by atoms with Gasteiger partial charge >= 0.3 is 0 Å². The van der Waals surface area contributed by atoms with Crippen LogP contribution in [-0.2, 0) is 6.54 Å². The molecule has 2 rings (SSSR count). The van der Waals surface area contributed by atoms with Crippen LogP contribution in [0.5, 0.6) is 0 Å². The first-order valence-electron chi connectivity index (χ1n) is 7.17. The van der Waals surface area contributed by atoms with Gasteiger partial charge in [-0.25, -0.2) is 0 Å². The molecule has 4 nitrogen and oxygen atoms in total. The number of thiocarbonyl (C=S) groups is 1. The SMILES string of the molecule is CN(C)C(=O)c1ccc(NC(=S)NCc2ccc(Cl)cc2Cl)cc1. The van der Waals surface area contributed by atoms with Gasteiger partial charge in [-0.1, -0.05) is 29.3 Å². The van der Waals surface area contributed by atoms with E-state index >= 15 is 0 Å². The van der Waals surface area contributed by atoms with Gasteiger partial charge in [0, 0.05) is 41.9 Å². The Labute approximate surface area is 156 Å². The van der Waals surface area contributed by atoms with Crippen LogP contribution in [0.3, 0.4) is 0 Å². The molecule has 0 aliphatic heterocycles. The lowest BCUT2D eigenvalue weighted by atomic mass is 10.2. The van der Waals surface area contributed by atoms with Crippen molar-refractivity contribution in [2.45, 2.75) is 6.54 Å². The number of amides is 1. The molecule has 2 N–H and O–H groups in total. The van der Waals surface area contributed by atoms with Crippen LogP contribution >= 0.6 is 35.4 Å². The summed E-state index contributed by atoms with van der Waals surface area (Å²) in [5.41, 5.74) is 2.32. The Morgan fingerprint density at radius 1 is 1.12 bits per heavy atom. The molecule has 0 spiro atoms. The van der Waals surface area contributed by atoms with Crippen molar-refractivity contribution in [1.29, 1.82) is 0 Å². The van der Waals surface area contributed by atoms with Crippen LogP contribution in [0.4, 0.5) is 5.69 Å². The van der Waals surface area contributed by atoms with Gasteiger partial charge in [-0.2, -0.15) is 0 Å². The highest BCUT2D eigenvalue weighted by Gasteiger charge is 2.08. The van der Waals surface area contributed by atoms with Gasteiger partial charge < -0.3 is 15.5 Å². The van der Waals surface area contributed by atoms with Crippen LogP contribution in [-0.4, -0.2) is 30.0 Å². The summed E-state index contributed by atoms with van der Waals surface area (Å²) in [5, 5.41) is 7.79. The molecule has 126 valence electrons. The average molecular weight is 382 g/mol. The summed E-state index contributed by atoms with van der Waals surface area (Å²) < 4.78 is 0. The predicted molar refractivity (Wildman–Crippen MR) is 104 cm³/mol. The first kappa shape index (κ1) is 18.5. The van der Waals surface area contributed by atoms with Crippen molar-refractivity contribution in [3.05, 3.63) is 63.6 Å². The molecule has 0 aliphatic rings. The highest BCUT2D eigenvalue weighted by Crippen LogP contribution is 2.20. The quantitative estimate of drug-likeness (QED) is 0.779. The zero-order valence-corrected chi connectivity index (χ0v) is 15.6. The summed E-state index contributed by atoms with van der Waals surface area (Å²) in [6.45, 7) is 0.485. The molecule has 0 unspecified atom stereocenters. The maximum absolute atomic E-state index is 11.8. The molecule has 0 aromatic heterocycles. The molecule has 0 saturated heterocycles. The number of carbonyl (C=O) groups excluding carboxylic acids is 1. The monoisotopic (exact) mass is 381 g/mol. The van der Waals surface area contributed by atoms with Crippen LogP contribution < -0.4 is 10.6 Å². The van der Waals surface area contributed by atoms with Gasteiger partial charge in [-0.05, 0) is 54.2 Å². The second-order valence-electron chi connectivity index (χ2n) is 5.32. The molecule has 0 heterocycles. The van der Waals surface area contributed by atoms with E-state index in [1.165, 1.54) is 4.90 Å². The molecule has 2 aromatic carbocycles. The fraction of sp³-hybridized carbons (Fsp3) is 0.176. The standard InChI is InChI=1S/C17H17Cl2N3OS/c1-22(2)16(23)11-4-7-14(8-5-11)21-17(24)20-10-12-3-6-13(18)9-15(12)19/h3-9H,10H2,1-2H3,(H2,20,21,24). The van der Waals surface area contributed by atoms with Gasteiger partial charge in [0.25, 0.3) is 5.91 Å². The third kappa shape index (κ3) is 5.09. The number of hydrogen-bond acceptors (Lipinski definition) is 2. The first-order valence-corrected chi connectivity index (χ1v) is 8.33. The van der Waals surface area contributed by atoms with E-state index in [0.29, 0.717) is 27.3 Å². The smallest absolute Gasteiger partial charge is 0.253 e. The van der Waals surface area contributed by atoms with E-state index in [1.54, 1.807) is 50.5 Å². The van der Waals surface area contributed by atoms with E-state index in [9.17, 15) is 4.79 Å². The molecule has 7 heteroatoms. The fourth-order valence-corrected chi connectivity index (χ4v) is 2.64. The van der Waals surface area contributed by atoms with Gasteiger partial charge in [0.05, 0.1) is 0 Å². The van der Waals surface area contributed by atoms with Crippen LogP contribution in [0.15, 0.2) is 42.5 Å². The third-order valence-electron chi connectivity index (χ3n) is 3.25. The van der Waals surface area contributed by atoms with Gasteiger partial charge in [0.2, 0.25) is 0 Å². The summed E-state index contributed by atoms with van der Waals surface area (Å²) in [5.74, 6) is -0.0420. The lowest BCUT2D eigenvalue weighted by molar-refractivity contribution is 0.0827. The molecule has 0 radical (unpaired) electrons. The van der Waals surface area contributed by atoms with Crippen LogP contribution in [0.1, 0.15) is 15.9 Å². The summed E-state index contributed by atoms with van der Waals surface area (Å²) in [7, 11) is 3.44. The predicted octanol–water partition coefficient (Wildman–Crippen LogP) is 4.18. The molecule has 0 saturated carbocycles. The van der Waals surface area contributed by atoms with Gasteiger partial charge in [0.15, 0.2) is 5.11 Å². The minimum absolute atomic E-state index is 0.0420. The number of carbonyl (C=O) groups is 1. The van der Waals surface area contributed by atoms with E-state index in [-0.39, 0.29) is 5.91 Å². The highest BCUT2D eigenvalue weighted by atomic mass is 35.5. The van der Waals surface area contributed by atoms with Crippen molar-refractivity contribution >= 4 is 52.1 Å². The molecule has 1 amide bonds. The Balaban J connectivity index is 1.91. The summed E-state index contributed by atoms with van der Waals surface area (Å²) in [4.78, 5) is 13.4. The van der Waals surface area contributed by atoms with Crippen molar-refractivity contribution in [3.8, 4) is 0 Å². The maximum atomic E-state index is 11.8. The average Bonchev–Trinajstić information content (AvgIpc) is 2.54. The summed E-state index contributed by atoms with van der Waals surface area (Å²) >= 11 is 17.3. The van der Waals surface area contributed by atoms with E-state index in [1.807, 2.05) is 6.07 Å². The number of nitrogens with zero attached hydrogens (tertiary/aromatic N) is 1. The maximum Gasteiger partial charge on any atom is 0.253 e. The largest absolute Gasteiger partial charge is 0.358 e. The Bertz CT molecular complexity index is 748. The van der Waals surface area contributed by atoms with Crippen LogP contribution in [0, 0.1) is 0 Å². The van der Waals surface area contributed by atoms with Gasteiger partial charge in [0.1, 0.15) is 0 Å². The molecular weight excluding hydrogens is 365 g/mol. The lowest BCUT2D eigenvalue weighted by Gasteiger charge is -2.13. The van der Waals surface area contributed by atoms with E-state index < -0.39 is 0 Å². The molecule has 24 heavy (non-hydrogen) atoms. The lowest BCUT2D eigenvalue weighted by Crippen LogP contribution is -2.28. The number of anilines is 1. The molecule has 0 fully saturated rings. The molecule has 0 aliphatic carbocycles. The Morgan fingerprint density at radius 2 is 1.79 bits per heavy atom. The van der Waals surface area contributed by atoms with Crippen molar-refractivity contribution in [2.24, 2.45) is 0 Å². The highest BCUT2D eigenvalue weighted by molar-refractivity contribution is 7.80. The second-order valence-corrected chi connectivity index (χ2v) is 6.57. The second kappa shape index (κ2) is 8.33. The number of nitrogens with one attached hydrogen (secondary N) is 2. The zero-order valence-electron chi connectivity index (χ0n) is 13.3. The molecule has 0 bridgehead atoms. The van der Waals surface area contributed by atoms with Crippen molar-refractivity contribution < 1.29 is 4.79 Å². The summed E-state index contributed by atoms with van der Waals surface area (Å²) in [6.07, 6.45) is 0. The van der Waals surface area contributed by atoms with E-state index in [4.69, 9.17) is 35.4 Å². The zero-order chi connectivity index (χ0) is 17.7. The molecular formula is C17H17Cl2N3OS. The number of halogens is 2. The van der Waals surface area contributed by atoms with Crippen molar-refractivity contribution in [3.63, 3.8) is 0 Å². The van der Waals surface area contributed by atoms with Crippen molar-refractivity contribution in [1.82, 2.24) is 10.2 Å². The minimum Gasteiger partial charge on any atom is -0.358 e. The number of hydrogen-bond donors (Lipinski definition) is 2. The fourth-order valence-electron chi connectivity index (χ4n) is 1.97. The van der Waals surface area contributed by atoms with Crippen LogP contribution in [0.25, 0.3) is 0 Å². The van der Waals surface area contributed by atoms with E-state index in [0.717, 1.165) is 11.3 Å². The number of benzene rings is 2. The Hall–Kier alpha value is -1.82. The Morgan fingerprint density at radius 3 is 2.38 bits per heavy atom. The summed E-state index contributed by atoms with van der Waals surface area (Å²) in [6, 6.07) is 12.4. The topological polar surface area (TPSA) is 44.4 Å². The van der Waals surface area contributed by atoms with Gasteiger partial charge in [-0.15, -0.1) is 0 Å². The van der Waals surface area contributed by atoms with Crippen molar-refractivity contribution in [2.75, 3.05) is 19.4 Å².